The summed E-state index contributed by atoms with van der Waals surface area (Å²) < 4.78 is 0. The lowest BCUT2D eigenvalue weighted by atomic mass is 10.1. The maximum absolute atomic E-state index is 12.8. The van der Waals surface area contributed by atoms with E-state index in [1.54, 1.807) is 22.7 Å². The van der Waals surface area contributed by atoms with Gasteiger partial charge in [0.2, 0.25) is 11.8 Å². The molecule has 0 radical (unpaired) electrons. The third-order valence-electron chi connectivity index (χ3n) is 4.94. The molecule has 0 spiro atoms. The van der Waals surface area contributed by atoms with Crippen molar-refractivity contribution in [3.63, 3.8) is 0 Å². The Bertz CT molecular complexity index is 741. The molecule has 1 atom stereocenters. The fraction of sp³-hybridized carbons (Fsp3) is 0.500. The average molecular weight is 392 g/mol. The number of thioether (sulfide) groups is 2. The fourth-order valence-corrected chi connectivity index (χ4v) is 5.54. The second kappa shape index (κ2) is 7.52. The van der Waals surface area contributed by atoms with E-state index in [4.69, 9.17) is 0 Å². The number of benzene rings is 1. The van der Waals surface area contributed by atoms with Crippen molar-refractivity contribution in [2.24, 2.45) is 0 Å². The van der Waals surface area contributed by atoms with E-state index < -0.39 is 0 Å². The number of hydrogen-bond acceptors (Lipinski definition) is 5. The molecule has 3 aliphatic heterocycles. The van der Waals surface area contributed by atoms with Crippen LogP contribution >= 0.6 is 23.5 Å². The van der Waals surface area contributed by atoms with E-state index in [0.29, 0.717) is 43.2 Å². The van der Waals surface area contributed by atoms with Crippen LogP contribution in [0, 0.1) is 0 Å². The zero-order chi connectivity index (χ0) is 18.1. The maximum Gasteiger partial charge on any atom is 0.254 e. The van der Waals surface area contributed by atoms with Crippen LogP contribution in [0.25, 0.3) is 0 Å². The first-order valence-electron chi connectivity index (χ1n) is 8.88. The molecule has 1 aromatic carbocycles. The molecule has 1 N–H and O–H groups in total. The Morgan fingerprint density at radius 1 is 1.12 bits per heavy atom. The highest BCUT2D eigenvalue weighted by Gasteiger charge is 2.31. The smallest absolute Gasteiger partial charge is 0.254 e. The monoisotopic (exact) mass is 391 g/mol. The number of carbonyl (C=O) groups is 3. The van der Waals surface area contributed by atoms with Crippen LogP contribution in [0.3, 0.4) is 0 Å². The van der Waals surface area contributed by atoms with Crippen molar-refractivity contribution < 1.29 is 14.4 Å². The first kappa shape index (κ1) is 17.7. The molecule has 4 rings (SSSR count). The molecule has 26 heavy (non-hydrogen) atoms. The maximum atomic E-state index is 12.8. The van der Waals surface area contributed by atoms with E-state index in [1.165, 1.54) is 11.8 Å². The highest BCUT2D eigenvalue weighted by Crippen LogP contribution is 2.32. The van der Waals surface area contributed by atoms with Crippen LogP contribution in [-0.2, 0) is 9.59 Å². The Kier molecular flexibility index (Phi) is 5.13. The van der Waals surface area contributed by atoms with Gasteiger partial charge in [-0.25, -0.2) is 0 Å². The lowest BCUT2D eigenvalue weighted by molar-refractivity contribution is -0.132. The molecule has 6 nitrogen and oxygen atoms in total. The molecule has 2 saturated heterocycles. The summed E-state index contributed by atoms with van der Waals surface area (Å²) in [6, 6.07) is 5.47. The van der Waals surface area contributed by atoms with Crippen molar-refractivity contribution in [2.45, 2.75) is 23.0 Å². The summed E-state index contributed by atoms with van der Waals surface area (Å²) in [5.41, 5.74) is 1.29. The summed E-state index contributed by atoms with van der Waals surface area (Å²) in [7, 11) is 0. The van der Waals surface area contributed by atoms with E-state index in [1.807, 2.05) is 17.0 Å². The van der Waals surface area contributed by atoms with Crippen LogP contribution in [0.5, 0.6) is 0 Å². The average Bonchev–Trinajstić information content (AvgIpc) is 3.21. The Morgan fingerprint density at radius 3 is 2.62 bits per heavy atom. The number of nitrogens with zero attached hydrogens (tertiary/aromatic N) is 2. The summed E-state index contributed by atoms with van der Waals surface area (Å²) in [5, 5.41) is 2.94. The molecular formula is C18H21N3O3S2. The second-order valence-corrected chi connectivity index (χ2v) is 8.99. The molecule has 0 saturated carbocycles. The predicted molar refractivity (Wildman–Crippen MR) is 104 cm³/mol. The van der Waals surface area contributed by atoms with Gasteiger partial charge < -0.3 is 15.1 Å². The highest BCUT2D eigenvalue weighted by atomic mass is 32.2. The number of fused-ring (bicyclic) bond motifs is 1. The first-order chi connectivity index (χ1) is 12.6. The van der Waals surface area contributed by atoms with Gasteiger partial charge in [-0.2, -0.15) is 0 Å². The summed E-state index contributed by atoms with van der Waals surface area (Å²) in [6.45, 7) is 2.30. The molecule has 138 valence electrons. The number of hydrogen-bond donors (Lipinski definition) is 1. The van der Waals surface area contributed by atoms with Crippen molar-refractivity contribution in [3.05, 3.63) is 23.8 Å². The highest BCUT2D eigenvalue weighted by molar-refractivity contribution is 8.00. The fourth-order valence-electron chi connectivity index (χ4n) is 3.50. The lowest BCUT2D eigenvalue weighted by Gasteiger charge is -2.36. The molecule has 8 heteroatoms. The van der Waals surface area contributed by atoms with Gasteiger partial charge in [-0.05, 0) is 36.8 Å². The van der Waals surface area contributed by atoms with Crippen molar-refractivity contribution in [3.8, 4) is 0 Å². The van der Waals surface area contributed by atoms with Gasteiger partial charge in [0.05, 0.1) is 16.7 Å². The zero-order valence-corrected chi connectivity index (χ0v) is 16.0. The van der Waals surface area contributed by atoms with Gasteiger partial charge in [0.25, 0.3) is 5.91 Å². The minimum Gasteiger partial charge on any atom is -0.338 e. The topological polar surface area (TPSA) is 69.7 Å². The first-order valence-corrected chi connectivity index (χ1v) is 10.9. The van der Waals surface area contributed by atoms with E-state index in [9.17, 15) is 14.4 Å². The van der Waals surface area contributed by atoms with Crippen molar-refractivity contribution in [2.75, 3.05) is 43.0 Å². The molecule has 0 bridgehead atoms. The zero-order valence-electron chi connectivity index (χ0n) is 14.4. The summed E-state index contributed by atoms with van der Waals surface area (Å²) in [5.74, 6) is 1.63. The van der Waals surface area contributed by atoms with E-state index in [2.05, 4.69) is 5.32 Å². The van der Waals surface area contributed by atoms with Gasteiger partial charge in [0.15, 0.2) is 0 Å². The Balaban J connectivity index is 1.38. The summed E-state index contributed by atoms with van der Waals surface area (Å²) >= 11 is 3.24. The van der Waals surface area contributed by atoms with Gasteiger partial charge in [0, 0.05) is 36.6 Å². The van der Waals surface area contributed by atoms with Crippen molar-refractivity contribution in [1.29, 1.82) is 0 Å². The van der Waals surface area contributed by atoms with Gasteiger partial charge in [-0.1, -0.05) is 0 Å². The normalized spacial score (nSPS) is 22.8. The predicted octanol–water partition coefficient (Wildman–Crippen LogP) is 1.91. The van der Waals surface area contributed by atoms with Gasteiger partial charge >= 0.3 is 0 Å². The summed E-state index contributed by atoms with van der Waals surface area (Å²) in [4.78, 5) is 41.5. The molecule has 0 aromatic heterocycles. The van der Waals surface area contributed by atoms with Gasteiger partial charge in [-0.15, -0.1) is 23.5 Å². The van der Waals surface area contributed by atoms with Crippen LogP contribution in [0.4, 0.5) is 5.69 Å². The van der Waals surface area contributed by atoms with E-state index >= 15 is 0 Å². The largest absolute Gasteiger partial charge is 0.338 e. The second-order valence-electron chi connectivity index (χ2n) is 6.67. The number of amides is 3. The molecule has 1 aromatic rings. The van der Waals surface area contributed by atoms with Crippen molar-refractivity contribution >= 4 is 46.9 Å². The van der Waals surface area contributed by atoms with E-state index in [0.717, 1.165) is 23.5 Å². The SMILES string of the molecule is O=C1CSc2ccc(C(=O)N3CCN(C(=O)C4CCCS4)CC3)cc2N1. The van der Waals surface area contributed by atoms with Crippen LogP contribution < -0.4 is 5.32 Å². The molecule has 2 fully saturated rings. The molecule has 3 heterocycles. The molecule has 3 aliphatic rings. The number of rotatable bonds is 2. The van der Waals surface area contributed by atoms with Crippen LogP contribution in [0.1, 0.15) is 23.2 Å². The molecule has 3 amide bonds. The quantitative estimate of drug-likeness (QED) is 0.834. The minimum absolute atomic E-state index is 0.0380. The van der Waals surface area contributed by atoms with Gasteiger partial charge in [0.1, 0.15) is 0 Å². The van der Waals surface area contributed by atoms with E-state index in [-0.39, 0.29) is 23.0 Å². The summed E-state index contributed by atoms with van der Waals surface area (Å²) in [6.07, 6.45) is 2.09. The minimum atomic E-state index is -0.0417. The third-order valence-corrected chi connectivity index (χ3v) is 7.38. The standard InChI is InChI=1S/C18H21N3O3S2/c22-16-11-26-14-4-3-12(10-13(14)19-16)17(23)20-5-7-21(8-6-20)18(24)15-2-1-9-25-15/h3-4,10,15H,1-2,5-9,11H2,(H,19,22). The molecule has 1 unspecified atom stereocenters. The third kappa shape index (κ3) is 3.57. The number of piperazine rings is 1. The Morgan fingerprint density at radius 2 is 1.88 bits per heavy atom. The molecule has 0 aliphatic carbocycles. The molecular weight excluding hydrogens is 370 g/mol. The van der Waals surface area contributed by atoms with Crippen LogP contribution in [-0.4, -0.2) is 70.5 Å². The lowest BCUT2D eigenvalue weighted by Crippen LogP contribution is -2.52. The Hall–Kier alpha value is -1.67. The van der Waals surface area contributed by atoms with Crippen LogP contribution in [0.2, 0.25) is 0 Å². The van der Waals surface area contributed by atoms with Gasteiger partial charge in [-0.3, -0.25) is 14.4 Å². The van der Waals surface area contributed by atoms with Crippen molar-refractivity contribution in [1.82, 2.24) is 9.80 Å². The number of nitrogens with one attached hydrogen (secondary N) is 1. The number of anilines is 1. The number of carbonyl (C=O) groups excluding carboxylic acids is 3. The Labute approximate surface area is 161 Å². The van der Waals surface area contributed by atoms with Crippen LogP contribution in [0.15, 0.2) is 23.1 Å².